The lowest BCUT2D eigenvalue weighted by Gasteiger charge is -2.24. The molecule has 3 N–H and O–H groups in total. The number of ether oxygens (including phenoxy) is 1. The molecule has 0 aliphatic carbocycles. The van der Waals surface area contributed by atoms with Gasteiger partial charge >= 0.3 is 0 Å². The molecule has 0 spiro atoms. The van der Waals surface area contributed by atoms with Crippen molar-refractivity contribution in [1.29, 1.82) is 0 Å². The van der Waals surface area contributed by atoms with Crippen molar-refractivity contribution >= 4 is 16.9 Å². The molecule has 160 valence electrons. The Bertz CT molecular complexity index is 790. The van der Waals surface area contributed by atoms with Crippen molar-refractivity contribution in [2.75, 3.05) is 0 Å². The minimum Gasteiger partial charge on any atom is -0.488 e. The number of aliphatic hydroxyl groups excluding tert-OH is 2. The summed E-state index contributed by atoms with van der Waals surface area (Å²) in [6, 6.07) is 9.61. The Hall–Kier alpha value is -1.66. The monoisotopic (exact) mass is 418 g/mol. The number of hydrogen-bond acceptors (Lipinski definition) is 5. The van der Waals surface area contributed by atoms with Crippen molar-refractivity contribution in [3.8, 4) is 5.75 Å². The Morgan fingerprint density at radius 3 is 2.38 bits per heavy atom. The fraction of sp³-hybridized carbons (Fsp3) is 0.500. The molecule has 2 aromatic rings. The molecule has 0 fully saturated rings. The molecule has 4 nitrogen and oxygen atoms in total. The Morgan fingerprint density at radius 2 is 1.76 bits per heavy atom. The second-order valence-corrected chi connectivity index (χ2v) is 8.52. The van der Waals surface area contributed by atoms with Crippen LogP contribution in [0.1, 0.15) is 73.8 Å². The lowest BCUT2D eigenvalue weighted by Crippen LogP contribution is -2.25. The molecule has 0 unspecified atom stereocenters. The molecule has 0 aliphatic rings. The number of rotatable bonds is 12. The van der Waals surface area contributed by atoms with Crippen LogP contribution in [-0.4, -0.2) is 20.9 Å². The summed E-state index contributed by atoms with van der Waals surface area (Å²) < 4.78 is 5.88. The minimum absolute atomic E-state index is 0.0928. The van der Waals surface area contributed by atoms with E-state index >= 15 is 0 Å². The Morgan fingerprint density at radius 1 is 1.03 bits per heavy atom. The molecular formula is C24H34O4S. The highest BCUT2D eigenvalue weighted by Gasteiger charge is 2.20. The molecule has 0 saturated heterocycles. The fourth-order valence-electron chi connectivity index (χ4n) is 3.31. The van der Waals surface area contributed by atoms with E-state index in [0.29, 0.717) is 23.5 Å². The summed E-state index contributed by atoms with van der Waals surface area (Å²) in [5, 5.41) is 29.2. The van der Waals surface area contributed by atoms with Gasteiger partial charge in [0.1, 0.15) is 12.4 Å². The van der Waals surface area contributed by atoms with Gasteiger partial charge in [-0.1, -0.05) is 32.9 Å². The first-order chi connectivity index (χ1) is 14.0. The summed E-state index contributed by atoms with van der Waals surface area (Å²) in [5.74, 6) is 0.686. The van der Waals surface area contributed by atoms with Crippen LogP contribution in [0, 0.1) is 0 Å². The number of hydrogen-bond donors (Lipinski definition) is 3. The molecule has 5 heteroatoms. The molecule has 0 radical (unpaired) electrons. The largest absolute Gasteiger partial charge is 0.488 e. The standard InChI is InChI=1S/C24H34O4S/c1-4-18(8-7-13-24(27,5-2)6-3)23-12-11-22(29-23)17-28-21-10-9-19(15-25)20(14-21)16-26/h8-12,14,25-27H,4-7,13,15-17H2,1-3H3/b18-8-. The first-order valence-corrected chi connectivity index (χ1v) is 11.3. The maximum atomic E-state index is 10.5. The zero-order chi connectivity index (χ0) is 21.3. The summed E-state index contributed by atoms with van der Waals surface area (Å²) in [7, 11) is 0. The van der Waals surface area contributed by atoms with E-state index in [-0.39, 0.29) is 13.2 Å². The van der Waals surface area contributed by atoms with Crippen molar-refractivity contribution < 1.29 is 20.1 Å². The molecule has 1 aromatic heterocycles. The average Bonchev–Trinajstić information content (AvgIpc) is 3.23. The summed E-state index contributed by atoms with van der Waals surface area (Å²) in [6.45, 7) is 6.50. The minimum atomic E-state index is -0.553. The van der Waals surface area contributed by atoms with E-state index in [1.54, 1.807) is 23.5 Å². The number of aliphatic hydroxyl groups is 3. The van der Waals surface area contributed by atoms with Gasteiger partial charge in [0.15, 0.2) is 0 Å². The van der Waals surface area contributed by atoms with Crippen molar-refractivity contribution in [3.63, 3.8) is 0 Å². The lowest BCUT2D eigenvalue weighted by atomic mass is 9.91. The molecule has 29 heavy (non-hydrogen) atoms. The van der Waals surface area contributed by atoms with Gasteiger partial charge in [0.05, 0.1) is 18.8 Å². The summed E-state index contributed by atoms with van der Waals surface area (Å²) in [4.78, 5) is 2.38. The Labute approximate surface area is 178 Å². The van der Waals surface area contributed by atoms with Gasteiger partial charge in [0.2, 0.25) is 0 Å². The SMILES string of the molecule is CC/C(=C/CCC(O)(CC)CC)c1ccc(COc2ccc(CO)c(CO)c2)s1. The van der Waals surface area contributed by atoms with Crippen molar-refractivity contribution in [1.82, 2.24) is 0 Å². The molecule has 1 heterocycles. The molecule has 0 aliphatic heterocycles. The van der Waals surface area contributed by atoms with Crippen LogP contribution in [-0.2, 0) is 19.8 Å². The zero-order valence-corrected chi connectivity index (χ0v) is 18.6. The lowest BCUT2D eigenvalue weighted by molar-refractivity contribution is 0.0246. The summed E-state index contributed by atoms with van der Waals surface area (Å²) in [6.07, 6.45) is 6.47. The van der Waals surface area contributed by atoms with E-state index in [1.165, 1.54) is 10.5 Å². The quantitative estimate of drug-likeness (QED) is 0.429. The van der Waals surface area contributed by atoms with Gasteiger partial charge in [0.25, 0.3) is 0 Å². The van der Waals surface area contributed by atoms with Crippen LogP contribution >= 0.6 is 11.3 Å². The second kappa shape index (κ2) is 11.5. The Balaban J connectivity index is 1.99. The molecule has 0 saturated carbocycles. The number of allylic oxidation sites excluding steroid dienone is 2. The van der Waals surface area contributed by atoms with Crippen LogP contribution in [0.3, 0.4) is 0 Å². The third-order valence-corrected chi connectivity index (χ3v) is 6.71. The van der Waals surface area contributed by atoms with Gasteiger partial charge in [-0.25, -0.2) is 0 Å². The van der Waals surface area contributed by atoms with E-state index < -0.39 is 5.60 Å². The van der Waals surface area contributed by atoms with Crippen LogP contribution < -0.4 is 4.74 Å². The Kier molecular flexibility index (Phi) is 9.37. The third kappa shape index (κ3) is 6.68. The highest BCUT2D eigenvalue weighted by molar-refractivity contribution is 7.13. The maximum Gasteiger partial charge on any atom is 0.122 e. The van der Waals surface area contributed by atoms with Crippen LogP contribution in [0.15, 0.2) is 36.4 Å². The molecule has 0 amide bonds. The normalized spacial score (nSPS) is 12.4. The van der Waals surface area contributed by atoms with Crippen molar-refractivity contribution in [2.45, 2.75) is 78.3 Å². The smallest absolute Gasteiger partial charge is 0.122 e. The van der Waals surface area contributed by atoms with Crippen LogP contribution in [0.5, 0.6) is 5.75 Å². The van der Waals surface area contributed by atoms with E-state index in [2.05, 4.69) is 25.1 Å². The topological polar surface area (TPSA) is 69.9 Å². The molecular weight excluding hydrogens is 384 g/mol. The van der Waals surface area contributed by atoms with Crippen LogP contribution in [0.2, 0.25) is 0 Å². The molecule has 0 bridgehead atoms. The molecule has 2 rings (SSSR count). The highest BCUT2D eigenvalue weighted by atomic mass is 32.1. The number of benzene rings is 1. The summed E-state index contributed by atoms with van der Waals surface area (Å²) >= 11 is 1.73. The average molecular weight is 419 g/mol. The van der Waals surface area contributed by atoms with Crippen molar-refractivity contribution in [3.05, 3.63) is 57.3 Å². The van der Waals surface area contributed by atoms with Crippen LogP contribution in [0.25, 0.3) is 5.57 Å². The van der Waals surface area contributed by atoms with Gasteiger partial charge in [-0.05, 0) is 73.1 Å². The fourth-order valence-corrected chi connectivity index (χ4v) is 4.35. The molecule has 1 aromatic carbocycles. The number of thiophene rings is 1. The van der Waals surface area contributed by atoms with Crippen molar-refractivity contribution in [2.24, 2.45) is 0 Å². The second-order valence-electron chi connectivity index (χ2n) is 7.35. The van der Waals surface area contributed by atoms with Crippen LogP contribution in [0.4, 0.5) is 0 Å². The van der Waals surface area contributed by atoms with E-state index in [0.717, 1.165) is 37.0 Å². The van der Waals surface area contributed by atoms with Gasteiger partial charge in [0, 0.05) is 9.75 Å². The predicted octanol–water partition coefficient (Wildman–Crippen LogP) is 5.44. The highest BCUT2D eigenvalue weighted by Crippen LogP contribution is 2.30. The van der Waals surface area contributed by atoms with E-state index in [1.807, 2.05) is 19.9 Å². The third-order valence-electron chi connectivity index (χ3n) is 5.58. The molecule has 0 atom stereocenters. The van der Waals surface area contributed by atoms with Gasteiger partial charge in [-0.2, -0.15) is 0 Å². The maximum absolute atomic E-state index is 10.5. The predicted molar refractivity (Wildman–Crippen MR) is 120 cm³/mol. The van der Waals surface area contributed by atoms with Gasteiger partial charge in [-0.3, -0.25) is 0 Å². The first kappa shape index (κ1) is 23.6. The van der Waals surface area contributed by atoms with E-state index in [4.69, 9.17) is 4.74 Å². The van der Waals surface area contributed by atoms with E-state index in [9.17, 15) is 15.3 Å². The summed E-state index contributed by atoms with van der Waals surface area (Å²) in [5.41, 5.74) is 2.16. The zero-order valence-electron chi connectivity index (χ0n) is 17.8. The first-order valence-electron chi connectivity index (χ1n) is 10.4. The van der Waals surface area contributed by atoms with Gasteiger partial charge in [-0.15, -0.1) is 11.3 Å². The van der Waals surface area contributed by atoms with Gasteiger partial charge < -0.3 is 20.1 Å².